The van der Waals surface area contributed by atoms with Crippen molar-refractivity contribution in [3.05, 3.63) is 5.08 Å². The summed E-state index contributed by atoms with van der Waals surface area (Å²) in [5.74, 6) is 1.29. The quantitative estimate of drug-likeness (QED) is 0.551. The molecule has 0 aromatic carbocycles. The largest absolute Gasteiger partial charge is 0.149 e. The van der Waals surface area contributed by atoms with Gasteiger partial charge in [0.25, 0.3) is 0 Å². The van der Waals surface area contributed by atoms with Crippen LogP contribution >= 0.6 is 23.5 Å². The second kappa shape index (κ2) is 7.70. The minimum Gasteiger partial charge on any atom is -0.149 e. The Morgan fingerprint density at radius 2 is 2.25 bits per heavy atom. The lowest BCUT2D eigenvalue weighted by atomic mass is 10.4. The average Bonchev–Trinajstić information content (AvgIpc) is 1.81. The van der Waals surface area contributed by atoms with E-state index in [1.54, 1.807) is 11.8 Å². The fourth-order valence-corrected chi connectivity index (χ4v) is 1.73. The third kappa shape index (κ3) is 6.70. The Bertz CT molecular complexity index is 31.5. The van der Waals surface area contributed by atoms with Gasteiger partial charge in [0, 0.05) is 0 Å². The van der Waals surface area contributed by atoms with Crippen molar-refractivity contribution in [2.75, 3.05) is 12.0 Å². The molecular formula is C6H13S2. The van der Waals surface area contributed by atoms with Gasteiger partial charge in [-0.3, -0.25) is 0 Å². The van der Waals surface area contributed by atoms with Crippen LogP contribution in [-0.2, 0) is 0 Å². The van der Waals surface area contributed by atoms with Crippen LogP contribution in [0, 0.1) is 5.08 Å². The summed E-state index contributed by atoms with van der Waals surface area (Å²) in [4.78, 5) is 0. The maximum atomic E-state index is 2.22. The zero-order valence-electron chi connectivity index (χ0n) is 5.52. The lowest BCUT2D eigenvalue weighted by Crippen LogP contribution is -1.73. The highest BCUT2D eigenvalue weighted by molar-refractivity contribution is 8.18. The maximum Gasteiger partial charge on any atom is 0.0709 e. The minimum absolute atomic E-state index is 1.29. The van der Waals surface area contributed by atoms with Gasteiger partial charge in [-0.05, 0) is 18.4 Å². The fourth-order valence-electron chi connectivity index (χ4n) is 0.344. The predicted molar refractivity (Wildman–Crippen MR) is 45.2 cm³/mol. The lowest BCUT2D eigenvalue weighted by Gasteiger charge is -1.93. The molecule has 0 spiro atoms. The van der Waals surface area contributed by atoms with Crippen molar-refractivity contribution in [3.8, 4) is 0 Å². The Hall–Kier alpha value is 0.700. The lowest BCUT2D eigenvalue weighted by molar-refractivity contribution is 0.897. The summed E-state index contributed by atoms with van der Waals surface area (Å²) < 4.78 is 0. The van der Waals surface area contributed by atoms with Crippen molar-refractivity contribution in [1.29, 1.82) is 0 Å². The van der Waals surface area contributed by atoms with Gasteiger partial charge in [-0.25, -0.2) is 0 Å². The molecule has 0 atom stereocenters. The van der Waals surface area contributed by atoms with Crippen LogP contribution in [-0.4, -0.2) is 12.0 Å². The first-order valence-corrected chi connectivity index (χ1v) is 5.21. The molecule has 0 saturated carbocycles. The van der Waals surface area contributed by atoms with Gasteiger partial charge in [0.1, 0.15) is 0 Å². The van der Waals surface area contributed by atoms with E-state index in [9.17, 15) is 0 Å². The van der Waals surface area contributed by atoms with Crippen molar-refractivity contribution in [3.63, 3.8) is 0 Å². The van der Waals surface area contributed by atoms with E-state index in [4.69, 9.17) is 0 Å². The highest BCUT2D eigenvalue weighted by Gasteiger charge is 1.84. The molecule has 0 heterocycles. The molecule has 1 radical (unpaired) electrons. The van der Waals surface area contributed by atoms with Crippen molar-refractivity contribution >= 4 is 23.5 Å². The number of thioether (sulfide) groups is 2. The summed E-state index contributed by atoms with van der Waals surface area (Å²) in [6.45, 7) is 2.22. The van der Waals surface area contributed by atoms with Gasteiger partial charge in [0.05, 0.1) is 5.08 Å². The van der Waals surface area contributed by atoms with Gasteiger partial charge in [-0.1, -0.05) is 13.3 Å². The Labute approximate surface area is 60.8 Å². The molecule has 0 saturated heterocycles. The van der Waals surface area contributed by atoms with Crippen LogP contribution in [0.25, 0.3) is 0 Å². The Kier molecular flexibility index (Phi) is 8.37. The molecule has 0 aliphatic carbocycles. The smallest absolute Gasteiger partial charge is 0.0709 e. The molecule has 0 fully saturated rings. The zero-order chi connectivity index (χ0) is 6.24. The number of hydrogen-bond acceptors (Lipinski definition) is 2. The van der Waals surface area contributed by atoms with Gasteiger partial charge in [0.2, 0.25) is 0 Å². The van der Waals surface area contributed by atoms with Gasteiger partial charge >= 0.3 is 0 Å². The molecule has 0 rings (SSSR count). The Morgan fingerprint density at radius 3 is 2.75 bits per heavy atom. The van der Waals surface area contributed by atoms with E-state index in [2.05, 4.69) is 18.3 Å². The topological polar surface area (TPSA) is 0 Å². The minimum atomic E-state index is 1.29. The molecule has 0 N–H and O–H groups in total. The van der Waals surface area contributed by atoms with Crippen LogP contribution in [0.4, 0.5) is 0 Å². The molecule has 2 heteroatoms. The van der Waals surface area contributed by atoms with E-state index >= 15 is 0 Å². The summed E-state index contributed by atoms with van der Waals surface area (Å²) in [6, 6.07) is 0. The molecule has 49 valence electrons. The monoisotopic (exact) mass is 149 g/mol. The molecule has 0 nitrogen and oxygen atoms in total. The van der Waals surface area contributed by atoms with Gasteiger partial charge in [-0.15, -0.1) is 23.5 Å². The molecule has 0 aliphatic rings. The SMILES string of the molecule is CCCCS[CH]SC. The van der Waals surface area contributed by atoms with Crippen LogP contribution in [0.3, 0.4) is 0 Å². The van der Waals surface area contributed by atoms with E-state index in [0.717, 1.165) is 0 Å². The predicted octanol–water partition coefficient (Wildman–Crippen LogP) is 3.00. The second-order valence-electron chi connectivity index (χ2n) is 1.56. The summed E-state index contributed by atoms with van der Waals surface area (Å²) in [5, 5.41) is 2.19. The molecule has 8 heavy (non-hydrogen) atoms. The summed E-state index contributed by atoms with van der Waals surface area (Å²) in [5.41, 5.74) is 0. The molecule has 0 amide bonds. The fraction of sp³-hybridized carbons (Fsp3) is 0.833. The van der Waals surface area contributed by atoms with Crippen LogP contribution < -0.4 is 0 Å². The van der Waals surface area contributed by atoms with Gasteiger partial charge < -0.3 is 0 Å². The molecule has 0 aromatic rings. The van der Waals surface area contributed by atoms with E-state index < -0.39 is 0 Å². The number of unbranched alkanes of at least 4 members (excludes halogenated alkanes) is 1. The van der Waals surface area contributed by atoms with Crippen molar-refractivity contribution in [2.45, 2.75) is 19.8 Å². The first kappa shape index (κ1) is 8.70. The van der Waals surface area contributed by atoms with E-state index in [1.807, 2.05) is 11.8 Å². The third-order valence-electron chi connectivity index (χ3n) is 0.780. The normalized spacial score (nSPS) is 9.75. The van der Waals surface area contributed by atoms with Crippen molar-refractivity contribution < 1.29 is 0 Å². The standard InChI is InChI=1S/C6H13S2/c1-3-4-5-8-6-7-2/h6H,3-5H2,1-2H3. The van der Waals surface area contributed by atoms with Crippen LogP contribution in [0.1, 0.15) is 19.8 Å². The molecule has 0 aromatic heterocycles. The van der Waals surface area contributed by atoms with Gasteiger partial charge in [-0.2, -0.15) is 0 Å². The highest BCUT2D eigenvalue weighted by Crippen LogP contribution is 2.15. The molecular weight excluding hydrogens is 136 g/mol. The number of rotatable bonds is 5. The summed E-state index contributed by atoms with van der Waals surface area (Å²) >= 11 is 3.71. The first-order valence-electron chi connectivity index (χ1n) is 2.88. The summed E-state index contributed by atoms with van der Waals surface area (Å²) in [7, 11) is 0. The van der Waals surface area contributed by atoms with Crippen molar-refractivity contribution in [1.82, 2.24) is 0 Å². The van der Waals surface area contributed by atoms with Gasteiger partial charge in [0.15, 0.2) is 0 Å². The molecule has 0 aliphatic heterocycles. The Morgan fingerprint density at radius 1 is 1.50 bits per heavy atom. The number of hydrogen-bond donors (Lipinski definition) is 0. The third-order valence-corrected chi connectivity index (χ3v) is 2.62. The second-order valence-corrected chi connectivity index (χ2v) is 3.54. The first-order chi connectivity index (χ1) is 3.91. The van der Waals surface area contributed by atoms with E-state index in [1.165, 1.54) is 18.6 Å². The summed E-state index contributed by atoms with van der Waals surface area (Å²) in [6.07, 6.45) is 4.76. The van der Waals surface area contributed by atoms with Crippen molar-refractivity contribution in [2.24, 2.45) is 0 Å². The average molecular weight is 149 g/mol. The molecule has 0 bridgehead atoms. The van der Waals surface area contributed by atoms with Crippen LogP contribution in [0.5, 0.6) is 0 Å². The van der Waals surface area contributed by atoms with E-state index in [0.29, 0.717) is 0 Å². The van der Waals surface area contributed by atoms with E-state index in [-0.39, 0.29) is 0 Å². The van der Waals surface area contributed by atoms with Crippen LogP contribution in [0.2, 0.25) is 0 Å². The zero-order valence-corrected chi connectivity index (χ0v) is 7.15. The highest BCUT2D eigenvalue weighted by atomic mass is 32.2. The maximum absolute atomic E-state index is 2.22. The van der Waals surface area contributed by atoms with Crippen LogP contribution in [0.15, 0.2) is 0 Å². The Balaban J connectivity index is 2.53. The molecule has 0 unspecified atom stereocenters.